The predicted molar refractivity (Wildman–Crippen MR) is 57.4 cm³/mol. The molecule has 0 aliphatic heterocycles. The topological polar surface area (TPSA) is 69.4 Å². The number of hydrogen-bond acceptors (Lipinski definition) is 4. The quantitative estimate of drug-likeness (QED) is 0.794. The van der Waals surface area contributed by atoms with Gasteiger partial charge in [0, 0.05) is 0 Å². The molecule has 0 spiro atoms. The Morgan fingerprint density at radius 2 is 1.93 bits per heavy atom. The second-order valence-electron chi connectivity index (χ2n) is 3.76. The lowest BCUT2D eigenvalue weighted by molar-refractivity contribution is 0.332. The Morgan fingerprint density at radius 1 is 1.33 bits per heavy atom. The average molecular weight is 229 g/mol. The van der Waals surface area contributed by atoms with Crippen LogP contribution in [0.4, 0.5) is 0 Å². The molecular weight excluding hydrogens is 214 g/mol. The fraction of sp³-hybridized carbons (Fsp3) is 0.400. The molecule has 0 unspecified atom stereocenters. The van der Waals surface area contributed by atoms with E-state index in [0.29, 0.717) is 12.3 Å². The highest BCUT2D eigenvalue weighted by Crippen LogP contribution is 2.19. The molecule has 0 aromatic heterocycles. The van der Waals surface area contributed by atoms with Crippen molar-refractivity contribution < 1.29 is 12.7 Å². The van der Waals surface area contributed by atoms with Gasteiger partial charge in [0.1, 0.15) is 0 Å². The van der Waals surface area contributed by atoms with Gasteiger partial charge in [-0.15, -0.1) is 0 Å². The van der Waals surface area contributed by atoms with Crippen LogP contribution in [0.1, 0.15) is 19.4 Å². The molecule has 15 heavy (non-hydrogen) atoms. The van der Waals surface area contributed by atoms with Crippen molar-refractivity contribution in [2.45, 2.75) is 25.2 Å². The Morgan fingerprint density at radius 3 is 2.47 bits per heavy atom. The lowest BCUT2D eigenvalue weighted by Gasteiger charge is -2.10. The van der Waals surface area contributed by atoms with Crippen molar-refractivity contribution in [2.24, 2.45) is 11.8 Å². The summed E-state index contributed by atoms with van der Waals surface area (Å²) < 4.78 is 26.9. The van der Waals surface area contributed by atoms with Crippen molar-refractivity contribution >= 4 is 10.1 Å². The molecule has 4 nitrogen and oxygen atoms in total. The summed E-state index contributed by atoms with van der Waals surface area (Å²) in [6, 6.07) is 6.72. The Kier molecular flexibility index (Phi) is 3.84. The smallest absolute Gasteiger partial charge is 0.197 e. The Labute approximate surface area is 90.1 Å². The van der Waals surface area contributed by atoms with Gasteiger partial charge in [0.2, 0.25) is 0 Å². The van der Waals surface area contributed by atoms with Gasteiger partial charge in [-0.2, -0.15) is 18.6 Å². The van der Waals surface area contributed by atoms with E-state index in [1.54, 1.807) is 18.2 Å². The zero-order valence-corrected chi connectivity index (χ0v) is 9.62. The number of benzene rings is 1. The first kappa shape index (κ1) is 12.2. The second kappa shape index (κ2) is 4.74. The van der Waals surface area contributed by atoms with E-state index >= 15 is 0 Å². The van der Waals surface area contributed by atoms with Gasteiger partial charge < -0.3 is 0 Å². The van der Waals surface area contributed by atoms with Crippen molar-refractivity contribution in [2.75, 3.05) is 0 Å². The number of hydrogen-bond donors (Lipinski definition) is 1. The summed E-state index contributed by atoms with van der Waals surface area (Å²) in [5.74, 6) is 5.12. The van der Waals surface area contributed by atoms with Gasteiger partial charge in [0.15, 0.2) is 0 Å². The Balaban J connectivity index is 3.18. The first-order valence-electron chi connectivity index (χ1n) is 4.68. The minimum atomic E-state index is -3.80. The zero-order chi connectivity index (χ0) is 11.5. The van der Waals surface area contributed by atoms with E-state index in [1.165, 1.54) is 6.07 Å². The van der Waals surface area contributed by atoms with Crippen LogP contribution in [-0.2, 0) is 20.8 Å². The van der Waals surface area contributed by atoms with Crippen molar-refractivity contribution in [1.82, 2.24) is 0 Å². The molecule has 1 aromatic rings. The lowest BCUT2D eigenvalue weighted by atomic mass is 10.0. The molecule has 0 aliphatic carbocycles. The van der Waals surface area contributed by atoms with Crippen LogP contribution in [0.3, 0.4) is 0 Å². The lowest BCUT2D eigenvalue weighted by Crippen LogP contribution is -2.13. The monoisotopic (exact) mass is 229 g/mol. The molecule has 0 saturated carbocycles. The van der Waals surface area contributed by atoms with Gasteiger partial charge in [0.05, 0.1) is 4.90 Å². The van der Waals surface area contributed by atoms with E-state index in [-0.39, 0.29) is 4.90 Å². The minimum absolute atomic E-state index is 0.154. The molecule has 84 valence electrons. The highest BCUT2D eigenvalue weighted by Gasteiger charge is 2.18. The van der Waals surface area contributed by atoms with Gasteiger partial charge in [-0.1, -0.05) is 32.0 Å². The first-order chi connectivity index (χ1) is 6.97. The summed E-state index contributed by atoms with van der Waals surface area (Å²) in [5.41, 5.74) is 0.734. The molecule has 0 saturated heterocycles. The van der Waals surface area contributed by atoms with Gasteiger partial charge in [0.25, 0.3) is 0 Å². The molecule has 1 aromatic carbocycles. The molecule has 0 radical (unpaired) electrons. The summed E-state index contributed by atoms with van der Waals surface area (Å²) in [4.78, 5) is 0.154. The van der Waals surface area contributed by atoms with Gasteiger partial charge in [-0.3, -0.25) is 0 Å². The van der Waals surface area contributed by atoms with E-state index in [2.05, 4.69) is 4.28 Å². The normalized spacial score (nSPS) is 12.0. The van der Waals surface area contributed by atoms with E-state index in [1.807, 2.05) is 13.8 Å². The van der Waals surface area contributed by atoms with Crippen molar-refractivity contribution in [1.29, 1.82) is 0 Å². The molecule has 0 aliphatic rings. The molecule has 0 fully saturated rings. The highest BCUT2D eigenvalue weighted by molar-refractivity contribution is 7.86. The zero-order valence-electron chi connectivity index (χ0n) is 8.80. The SMILES string of the molecule is CC(C)Cc1ccccc1S(=O)(=O)ON. The minimum Gasteiger partial charge on any atom is -0.197 e. The third kappa shape index (κ3) is 3.02. The summed E-state index contributed by atoms with van der Waals surface area (Å²) >= 11 is 0. The van der Waals surface area contributed by atoms with E-state index in [4.69, 9.17) is 5.90 Å². The Bertz CT molecular complexity index is 426. The molecule has 0 bridgehead atoms. The number of rotatable bonds is 4. The second-order valence-corrected chi connectivity index (χ2v) is 5.30. The number of nitrogens with two attached hydrogens (primary N) is 1. The summed E-state index contributed by atoms with van der Waals surface area (Å²) in [7, 11) is -3.80. The van der Waals surface area contributed by atoms with Gasteiger partial charge in [-0.25, -0.2) is 0 Å². The molecular formula is C10H15NO3S. The summed E-state index contributed by atoms with van der Waals surface area (Å²) in [5, 5.41) is 0. The van der Waals surface area contributed by atoms with Gasteiger partial charge in [-0.05, 0) is 24.0 Å². The van der Waals surface area contributed by atoms with Crippen LogP contribution < -0.4 is 5.90 Å². The van der Waals surface area contributed by atoms with Crippen LogP contribution in [0.15, 0.2) is 29.2 Å². The maximum Gasteiger partial charge on any atom is 0.312 e. The molecule has 5 heteroatoms. The van der Waals surface area contributed by atoms with Crippen molar-refractivity contribution in [3.05, 3.63) is 29.8 Å². The standard InChI is InChI=1S/C10H15NO3S/c1-8(2)7-9-5-3-4-6-10(9)15(12,13)14-11/h3-6,8H,7,11H2,1-2H3. The van der Waals surface area contributed by atoms with E-state index in [0.717, 1.165) is 5.56 Å². The van der Waals surface area contributed by atoms with Crippen molar-refractivity contribution in [3.8, 4) is 0 Å². The molecule has 1 rings (SSSR count). The van der Waals surface area contributed by atoms with Crippen LogP contribution >= 0.6 is 0 Å². The van der Waals surface area contributed by atoms with Gasteiger partial charge >= 0.3 is 10.1 Å². The highest BCUT2D eigenvalue weighted by atomic mass is 32.2. The first-order valence-corrected chi connectivity index (χ1v) is 6.09. The van der Waals surface area contributed by atoms with Crippen molar-refractivity contribution in [3.63, 3.8) is 0 Å². The van der Waals surface area contributed by atoms with E-state index in [9.17, 15) is 8.42 Å². The fourth-order valence-corrected chi connectivity index (χ4v) is 2.23. The van der Waals surface area contributed by atoms with E-state index < -0.39 is 10.1 Å². The largest absolute Gasteiger partial charge is 0.312 e. The third-order valence-electron chi connectivity index (χ3n) is 2.00. The van der Waals surface area contributed by atoms with Crippen LogP contribution in [0.5, 0.6) is 0 Å². The van der Waals surface area contributed by atoms with Crippen LogP contribution in [-0.4, -0.2) is 8.42 Å². The maximum absolute atomic E-state index is 11.5. The van der Waals surface area contributed by atoms with Crippen LogP contribution in [0.25, 0.3) is 0 Å². The molecule has 0 atom stereocenters. The molecule has 0 heterocycles. The van der Waals surface area contributed by atoms with Crippen LogP contribution in [0.2, 0.25) is 0 Å². The average Bonchev–Trinajstić information content (AvgIpc) is 2.17. The fourth-order valence-electron chi connectivity index (χ4n) is 1.41. The molecule has 0 amide bonds. The maximum atomic E-state index is 11.5. The van der Waals surface area contributed by atoms with Crippen LogP contribution in [0, 0.1) is 5.92 Å². The Hall–Kier alpha value is -0.910. The predicted octanol–water partition coefficient (Wildman–Crippen LogP) is 1.46. The summed E-state index contributed by atoms with van der Waals surface area (Å²) in [6.45, 7) is 4.04. The summed E-state index contributed by atoms with van der Waals surface area (Å²) in [6.07, 6.45) is 0.679. The molecule has 2 N–H and O–H groups in total. The third-order valence-corrected chi connectivity index (χ3v) is 3.19.